The molecular weight excluding hydrogens is 582 g/mol. The maximum atomic E-state index is 15.2. The Balaban J connectivity index is 1.14. The van der Waals surface area contributed by atoms with Gasteiger partial charge in [0.05, 0.1) is 12.7 Å². The molecule has 1 atom stereocenters. The van der Waals surface area contributed by atoms with Crippen LogP contribution in [0.25, 0.3) is 0 Å². The molecule has 0 aromatic heterocycles. The lowest BCUT2D eigenvalue weighted by atomic mass is 9.76. The van der Waals surface area contributed by atoms with Crippen LogP contribution in [0.4, 0.5) is 26.3 Å². The van der Waals surface area contributed by atoms with Crippen molar-refractivity contribution in [2.24, 2.45) is 5.92 Å². The number of rotatable bonds is 9. The minimum Gasteiger partial charge on any atom is -0.505 e. The van der Waals surface area contributed by atoms with Crippen LogP contribution in [0, 0.1) is 40.8 Å². The van der Waals surface area contributed by atoms with Crippen molar-refractivity contribution in [1.82, 2.24) is 0 Å². The van der Waals surface area contributed by atoms with E-state index in [1.807, 2.05) is 6.92 Å². The molecule has 0 saturated heterocycles. The van der Waals surface area contributed by atoms with Crippen molar-refractivity contribution in [2.45, 2.75) is 95.0 Å². The van der Waals surface area contributed by atoms with Crippen LogP contribution in [0.3, 0.4) is 0 Å². The topological polar surface area (TPSA) is 49.7 Å². The zero-order chi connectivity index (χ0) is 31.5. The molecule has 2 saturated carbocycles. The van der Waals surface area contributed by atoms with Crippen LogP contribution in [-0.4, -0.2) is 16.8 Å². The zero-order valence-electron chi connectivity index (χ0n) is 24.7. The number of hydrogen-bond donors (Lipinski definition) is 2. The predicted octanol–water partition coefficient (Wildman–Crippen LogP) is 9.85. The molecule has 0 amide bonds. The molecule has 3 aromatic carbocycles. The number of aromatic hydroxyl groups is 1. The van der Waals surface area contributed by atoms with Gasteiger partial charge >= 0.3 is 0 Å². The van der Waals surface area contributed by atoms with Gasteiger partial charge in [-0.15, -0.1) is 0 Å². The van der Waals surface area contributed by atoms with Gasteiger partial charge in [0.1, 0.15) is 0 Å². The summed E-state index contributed by atoms with van der Waals surface area (Å²) in [7, 11) is 0. The molecule has 0 spiro atoms. The third-order valence-electron chi connectivity index (χ3n) is 9.60. The van der Waals surface area contributed by atoms with Crippen LogP contribution in [0.1, 0.15) is 117 Å². The van der Waals surface area contributed by atoms with E-state index in [4.69, 9.17) is 4.74 Å². The predicted molar refractivity (Wildman–Crippen MR) is 155 cm³/mol. The Bertz CT molecular complexity index is 1460. The third kappa shape index (κ3) is 6.58. The average molecular weight is 621 g/mol. The Hall–Kier alpha value is -3.20. The van der Waals surface area contributed by atoms with Crippen molar-refractivity contribution in [2.75, 3.05) is 6.61 Å². The Labute approximate surface area is 253 Å². The van der Waals surface area contributed by atoms with Crippen LogP contribution in [-0.2, 0) is 0 Å². The Morgan fingerprint density at radius 3 is 1.68 bits per heavy atom. The van der Waals surface area contributed by atoms with Crippen molar-refractivity contribution in [1.29, 1.82) is 0 Å². The Morgan fingerprint density at radius 1 is 0.636 bits per heavy atom. The molecule has 2 aliphatic carbocycles. The molecule has 0 heterocycles. The summed E-state index contributed by atoms with van der Waals surface area (Å²) in [5.74, 6) is -7.89. The molecule has 0 bridgehead atoms. The Kier molecular flexibility index (Phi) is 10.1. The van der Waals surface area contributed by atoms with Crippen molar-refractivity contribution in [3.05, 3.63) is 93.6 Å². The lowest BCUT2D eigenvalue weighted by molar-refractivity contribution is 0.160. The first kappa shape index (κ1) is 32.2. The minimum atomic E-state index is -1.28. The maximum Gasteiger partial charge on any atom is 0.200 e. The standard InChI is InChI=1S/C35H38F6O3/c1-2-3-27(42)26-13-12-23(30(36)33(26)39)20-6-4-19(5-7-20)18-44-29-17-15-25(32(38)35(29)41)22-10-8-21(9-11-22)24-14-16-28(43)34(40)31(24)37/h12-17,19-22,27,42-43H,2-11,18H2,1H3. The lowest BCUT2D eigenvalue weighted by Gasteiger charge is -2.30. The summed E-state index contributed by atoms with van der Waals surface area (Å²) in [5.41, 5.74) is 0.686. The summed E-state index contributed by atoms with van der Waals surface area (Å²) in [6.45, 7) is 2.03. The van der Waals surface area contributed by atoms with E-state index in [-0.39, 0.29) is 52.7 Å². The summed E-state index contributed by atoms with van der Waals surface area (Å²) in [6, 6.07) is 8.47. The highest BCUT2D eigenvalue weighted by molar-refractivity contribution is 5.35. The number of hydrogen-bond acceptors (Lipinski definition) is 3. The van der Waals surface area contributed by atoms with Gasteiger partial charge in [0.25, 0.3) is 0 Å². The molecule has 1 unspecified atom stereocenters. The first-order valence-corrected chi connectivity index (χ1v) is 15.5. The lowest BCUT2D eigenvalue weighted by Crippen LogP contribution is -2.21. The molecule has 44 heavy (non-hydrogen) atoms. The van der Waals surface area contributed by atoms with Crippen molar-refractivity contribution >= 4 is 0 Å². The van der Waals surface area contributed by atoms with Crippen LogP contribution in [0.15, 0.2) is 36.4 Å². The van der Waals surface area contributed by atoms with Gasteiger partial charge in [-0.05, 0) is 110 Å². The van der Waals surface area contributed by atoms with E-state index in [2.05, 4.69) is 0 Å². The molecule has 2 fully saturated rings. The van der Waals surface area contributed by atoms with Gasteiger partial charge in [-0.1, -0.05) is 37.6 Å². The van der Waals surface area contributed by atoms with Crippen molar-refractivity contribution < 1.29 is 41.3 Å². The quantitative estimate of drug-likeness (QED) is 0.234. The van der Waals surface area contributed by atoms with E-state index in [1.165, 1.54) is 24.3 Å². The summed E-state index contributed by atoms with van der Waals surface area (Å²) >= 11 is 0. The summed E-state index contributed by atoms with van der Waals surface area (Å²) in [6.07, 6.45) is 4.34. The fourth-order valence-electron chi connectivity index (χ4n) is 6.99. The van der Waals surface area contributed by atoms with Crippen molar-refractivity contribution in [3.63, 3.8) is 0 Å². The first-order valence-electron chi connectivity index (χ1n) is 15.5. The fraction of sp³-hybridized carbons (Fsp3) is 0.486. The molecule has 0 radical (unpaired) electrons. The fourth-order valence-corrected chi connectivity index (χ4v) is 6.99. The van der Waals surface area contributed by atoms with E-state index in [0.717, 1.165) is 6.07 Å². The smallest absolute Gasteiger partial charge is 0.200 e. The van der Waals surface area contributed by atoms with E-state index in [1.54, 1.807) is 6.07 Å². The van der Waals surface area contributed by atoms with E-state index in [0.29, 0.717) is 69.8 Å². The second kappa shape index (κ2) is 13.8. The SMILES string of the molecule is CCCC(O)c1ccc(C2CCC(COc3ccc(C4CCC(c5ccc(O)c(F)c5F)CC4)c(F)c3F)CC2)c(F)c1F. The van der Waals surface area contributed by atoms with Gasteiger partial charge < -0.3 is 14.9 Å². The van der Waals surface area contributed by atoms with Gasteiger partial charge in [-0.25, -0.2) is 17.6 Å². The summed E-state index contributed by atoms with van der Waals surface area (Å²) < 4.78 is 93.6. The molecule has 5 rings (SSSR count). The van der Waals surface area contributed by atoms with E-state index in [9.17, 15) is 27.8 Å². The molecule has 3 nitrogen and oxygen atoms in total. The number of ether oxygens (including phenoxy) is 1. The number of halogens is 6. The van der Waals surface area contributed by atoms with Crippen LogP contribution in [0.2, 0.25) is 0 Å². The number of phenols is 1. The monoisotopic (exact) mass is 620 g/mol. The Morgan fingerprint density at radius 2 is 1.11 bits per heavy atom. The van der Waals surface area contributed by atoms with Gasteiger partial charge in [-0.2, -0.15) is 8.78 Å². The van der Waals surface area contributed by atoms with Gasteiger partial charge in [0.2, 0.25) is 11.6 Å². The summed E-state index contributed by atoms with van der Waals surface area (Å²) in [5, 5.41) is 19.5. The second-order valence-corrected chi connectivity index (χ2v) is 12.3. The van der Waals surface area contributed by atoms with E-state index >= 15 is 8.78 Å². The van der Waals surface area contributed by atoms with Crippen LogP contribution in [0.5, 0.6) is 11.5 Å². The number of aliphatic hydroxyl groups excluding tert-OH is 1. The van der Waals surface area contributed by atoms with Crippen LogP contribution < -0.4 is 4.74 Å². The molecule has 238 valence electrons. The van der Waals surface area contributed by atoms with Gasteiger partial charge in [-0.3, -0.25) is 0 Å². The highest BCUT2D eigenvalue weighted by Crippen LogP contribution is 2.44. The number of benzene rings is 3. The minimum absolute atomic E-state index is 0.0238. The van der Waals surface area contributed by atoms with Gasteiger partial charge in [0.15, 0.2) is 34.8 Å². The number of phenolic OH excluding ortho intramolecular Hbond substituents is 1. The zero-order valence-corrected chi connectivity index (χ0v) is 24.7. The first-order chi connectivity index (χ1) is 21.1. The number of aliphatic hydroxyl groups is 1. The second-order valence-electron chi connectivity index (χ2n) is 12.3. The molecule has 3 aromatic rings. The summed E-state index contributed by atoms with van der Waals surface area (Å²) in [4.78, 5) is 0. The molecule has 9 heteroatoms. The third-order valence-corrected chi connectivity index (χ3v) is 9.60. The molecule has 0 aliphatic heterocycles. The molecule has 2 N–H and O–H groups in total. The molecule has 2 aliphatic rings. The molecular formula is C35H38F6O3. The average Bonchev–Trinajstić information content (AvgIpc) is 3.02. The normalized spacial score (nSPS) is 23.0. The maximum absolute atomic E-state index is 15.2. The van der Waals surface area contributed by atoms with E-state index < -0.39 is 46.8 Å². The highest BCUT2D eigenvalue weighted by Gasteiger charge is 2.31. The highest BCUT2D eigenvalue weighted by atomic mass is 19.2. The van der Waals surface area contributed by atoms with Gasteiger partial charge in [0, 0.05) is 5.56 Å². The van der Waals surface area contributed by atoms with Crippen LogP contribution >= 0.6 is 0 Å². The van der Waals surface area contributed by atoms with Crippen molar-refractivity contribution in [3.8, 4) is 11.5 Å². The largest absolute Gasteiger partial charge is 0.505 e.